The third-order valence-corrected chi connectivity index (χ3v) is 9.54. The van der Waals surface area contributed by atoms with E-state index in [2.05, 4.69) is 15.1 Å². The maximum absolute atomic E-state index is 13.0. The molecule has 10 nitrogen and oxygen atoms in total. The highest BCUT2D eigenvalue weighted by Crippen LogP contribution is 2.35. The number of alkyl halides is 3. The van der Waals surface area contributed by atoms with Gasteiger partial charge in [0.1, 0.15) is 5.60 Å². The van der Waals surface area contributed by atoms with Gasteiger partial charge in [-0.25, -0.2) is 4.79 Å². The van der Waals surface area contributed by atoms with Crippen LogP contribution in [0.5, 0.6) is 0 Å². The van der Waals surface area contributed by atoms with Gasteiger partial charge >= 0.3 is 12.3 Å². The van der Waals surface area contributed by atoms with Gasteiger partial charge in [0, 0.05) is 82.4 Å². The Morgan fingerprint density at radius 2 is 1.48 bits per heavy atom. The van der Waals surface area contributed by atoms with Crippen LogP contribution in [0.1, 0.15) is 58.3 Å². The summed E-state index contributed by atoms with van der Waals surface area (Å²) in [7, 11) is 0. The van der Waals surface area contributed by atoms with E-state index in [9.17, 15) is 32.9 Å². The molecule has 0 unspecified atom stereocenters. The van der Waals surface area contributed by atoms with Gasteiger partial charge in [-0.05, 0) is 53.8 Å². The van der Waals surface area contributed by atoms with Crippen molar-refractivity contribution in [3.05, 3.63) is 111 Å². The number of non-ortho nitro benzene ring substituents is 1. The highest BCUT2D eigenvalue weighted by Gasteiger charge is 2.46. The second kappa shape index (κ2) is 13.9. The molecule has 3 aliphatic rings. The summed E-state index contributed by atoms with van der Waals surface area (Å²) >= 11 is 0. The van der Waals surface area contributed by atoms with Gasteiger partial charge in [0.15, 0.2) is 0 Å². The fourth-order valence-electron chi connectivity index (χ4n) is 6.76. The average Bonchev–Trinajstić information content (AvgIpc) is 3.37. The number of nitrogens with zero attached hydrogens (tertiary/aromatic N) is 4. The lowest BCUT2D eigenvalue weighted by Gasteiger charge is -2.37. The van der Waals surface area contributed by atoms with E-state index in [0.29, 0.717) is 57.7 Å². The normalized spacial score (nSPS) is 19.0. The number of nitro benzene ring substituents is 1. The summed E-state index contributed by atoms with van der Waals surface area (Å²) in [5, 5.41) is 14.2. The number of ether oxygens (including phenoxy) is 1. The van der Waals surface area contributed by atoms with Gasteiger partial charge in [-0.3, -0.25) is 29.6 Å². The summed E-state index contributed by atoms with van der Waals surface area (Å²) in [6.07, 6.45) is -1.88. The molecule has 1 N–H and O–H groups in total. The number of carbonyl (C=O) groups excluding carboxylic acids is 2. The fourth-order valence-corrected chi connectivity index (χ4v) is 6.76. The van der Waals surface area contributed by atoms with Crippen LogP contribution in [0.25, 0.3) is 0 Å². The van der Waals surface area contributed by atoms with E-state index in [1.165, 1.54) is 18.2 Å². The molecule has 0 atom stereocenters. The molecule has 2 amide bonds. The molecule has 3 aromatic rings. The minimum absolute atomic E-state index is 0.0375. The summed E-state index contributed by atoms with van der Waals surface area (Å²) in [5.41, 5.74) is 1.97. The molecule has 254 valence electrons. The molecule has 0 saturated carbocycles. The van der Waals surface area contributed by atoms with Crippen LogP contribution in [0, 0.1) is 10.1 Å². The summed E-state index contributed by atoms with van der Waals surface area (Å²) in [5.74, 6) is -0.152. The molecule has 6 rings (SSSR count). The second-order valence-corrected chi connectivity index (χ2v) is 13.0. The van der Waals surface area contributed by atoms with E-state index in [0.717, 1.165) is 54.8 Å². The minimum atomic E-state index is -4.36. The number of nitrogens with one attached hydrogen (secondary N) is 1. The van der Waals surface area contributed by atoms with E-state index in [1.54, 1.807) is 29.2 Å². The number of rotatable bonds is 9. The van der Waals surface area contributed by atoms with Crippen LogP contribution in [0.4, 0.5) is 23.7 Å². The lowest BCUT2D eigenvalue weighted by molar-refractivity contribution is -0.384. The smallest absolute Gasteiger partial charge is 0.416 e. The summed E-state index contributed by atoms with van der Waals surface area (Å²) in [6.45, 7) is 4.87. The molecule has 0 aliphatic carbocycles. The van der Waals surface area contributed by atoms with Crippen LogP contribution in [-0.2, 0) is 30.5 Å². The molecule has 0 aromatic heterocycles. The quantitative estimate of drug-likeness (QED) is 0.221. The molecule has 3 heterocycles. The fraction of sp³-hybridized carbons (Fsp3) is 0.429. The predicted octanol–water partition coefficient (Wildman–Crippen LogP) is 6.00. The van der Waals surface area contributed by atoms with E-state index in [-0.39, 0.29) is 28.7 Å². The third-order valence-electron chi connectivity index (χ3n) is 9.54. The van der Waals surface area contributed by atoms with Crippen molar-refractivity contribution >= 4 is 17.7 Å². The number of piperidine rings is 2. The van der Waals surface area contributed by atoms with Gasteiger partial charge < -0.3 is 10.1 Å². The molecule has 3 aromatic carbocycles. The Kier molecular flexibility index (Phi) is 9.70. The Morgan fingerprint density at radius 1 is 0.875 bits per heavy atom. The van der Waals surface area contributed by atoms with Gasteiger partial charge in [-0.2, -0.15) is 13.2 Å². The van der Waals surface area contributed by atoms with E-state index >= 15 is 0 Å². The number of hydrogen-bond donors (Lipinski definition) is 1. The van der Waals surface area contributed by atoms with Crippen molar-refractivity contribution in [2.75, 3.05) is 32.7 Å². The molecule has 0 radical (unpaired) electrons. The first-order chi connectivity index (χ1) is 22.9. The van der Waals surface area contributed by atoms with Crippen LogP contribution < -0.4 is 5.32 Å². The van der Waals surface area contributed by atoms with Crippen LogP contribution in [0.15, 0.2) is 72.8 Å². The third kappa shape index (κ3) is 8.13. The molecule has 3 aliphatic heterocycles. The average molecular weight is 666 g/mol. The number of halogens is 3. The molecule has 3 saturated heterocycles. The molecule has 3 fully saturated rings. The van der Waals surface area contributed by atoms with Crippen molar-refractivity contribution in [3.8, 4) is 0 Å². The Bertz CT molecular complexity index is 1620. The maximum atomic E-state index is 13.0. The van der Waals surface area contributed by atoms with Gasteiger partial charge in [-0.1, -0.05) is 36.4 Å². The summed E-state index contributed by atoms with van der Waals surface area (Å²) in [4.78, 5) is 42.5. The van der Waals surface area contributed by atoms with Crippen LogP contribution in [0.2, 0.25) is 0 Å². The second-order valence-electron chi connectivity index (χ2n) is 13.0. The summed E-state index contributed by atoms with van der Waals surface area (Å²) < 4.78 is 44.5. The maximum Gasteiger partial charge on any atom is 0.416 e. The molecule has 1 spiro atoms. The Morgan fingerprint density at radius 3 is 2.12 bits per heavy atom. The molecule has 13 heteroatoms. The van der Waals surface area contributed by atoms with Crippen molar-refractivity contribution in [2.24, 2.45) is 0 Å². The SMILES string of the molecule is O=C(NC1CCN(Cc2cccc([N+](=O)[O-])c2)CC1)c1ccc(CN2CC3(CCN(Cc4ccc(C(F)(F)F)cc4)CC3)OC2=O)cc1. The molecule has 48 heavy (non-hydrogen) atoms. The Labute approximate surface area is 276 Å². The Balaban J connectivity index is 0.935. The minimum Gasteiger partial charge on any atom is -0.441 e. The van der Waals surface area contributed by atoms with Crippen molar-refractivity contribution < 1.29 is 32.4 Å². The van der Waals surface area contributed by atoms with Gasteiger partial charge in [-0.15, -0.1) is 0 Å². The van der Waals surface area contributed by atoms with E-state index < -0.39 is 17.3 Å². The topological polar surface area (TPSA) is 108 Å². The largest absolute Gasteiger partial charge is 0.441 e. The predicted molar refractivity (Wildman–Crippen MR) is 171 cm³/mol. The van der Waals surface area contributed by atoms with E-state index in [4.69, 9.17) is 4.74 Å². The van der Waals surface area contributed by atoms with Crippen molar-refractivity contribution in [1.29, 1.82) is 0 Å². The lowest BCUT2D eigenvalue weighted by atomic mass is 9.91. The number of carbonyl (C=O) groups is 2. The van der Waals surface area contributed by atoms with Crippen LogP contribution in [-0.4, -0.2) is 76.0 Å². The zero-order valence-electron chi connectivity index (χ0n) is 26.5. The number of nitro groups is 1. The van der Waals surface area contributed by atoms with Crippen LogP contribution in [0.3, 0.4) is 0 Å². The number of benzene rings is 3. The van der Waals surface area contributed by atoms with Crippen molar-refractivity contribution in [2.45, 2.75) is 63.1 Å². The molecular weight excluding hydrogens is 627 g/mol. The van der Waals surface area contributed by atoms with Crippen molar-refractivity contribution in [1.82, 2.24) is 20.0 Å². The van der Waals surface area contributed by atoms with Gasteiger partial charge in [0.25, 0.3) is 11.6 Å². The number of amides is 2. The Hall–Kier alpha value is -4.49. The summed E-state index contributed by atoms with van der Waals surface area (Å²) in [6, 6.07) is 19.2. The molecular formula is C35H38F3N5O5. The highest BCUT2D eigenvalue weighted by molar-refractivity contribution is 5.94. The standard InChI is InChI=1S/C35H38F3N5O5/c36-35(37,38)29-10-6-25(7-11-29)21-41-18-14-34(15-19-41)24-42(33(45)48-34)23-26-4-8-28(9-5-26)32(44)39-30-12-16-40(17-13-30)22-27-2-1-3-31(20-27)43(46)47/h1-11,20,30H,12-19,21-24H2,(H,39,44). The first-order valence-electron chi connectivity index (χ1n) is 16.2. The van der Waals surface area contributed by atoms with Crippen LogP contribution >= 0.6 is 0 Å². The monoisotopic (exact) mass is 665 g/mol. The zero-order chi connectivity index (χ0) is 33.9. The van der Waals surface area contributed by atoms with Crippen molar-refractivity contribution in [3.63, 3.8) is 0 Å². The number of likely N-dealkylation sites (tertiary alicyclic amines) is 2. The van der Waals surface area contributed by atoms with E-state index in [1.807, 2.05) is 18.2 Å². The van der Waals surface area contributed by atoms with Gasteiger partial charge in [0.2, 0.25) is 0 Å². The molecule has 0 bridgehead atoms. The van der Waals surface area contributed by atoms with Gasteiger partial charge in [0.05, 0.1) is 17.0 Å². The number of hydrogen-bond acceptors (Lipinski definition) is 7. The zero-order valence-corrected chi connectivity index (χ0v) is 26.5. The first kappa shape index (κ1) is 33.4. The first-order valence-corrected chi connectivity index (χ1v) is 16.2. The lowest BCUT2D eigenvalue weighted by Crippen LogP contribution is -2.46. The highest BCUT2D eigenvalue weighted by atomic mass is 19.4.